The molecule has 0 bridgehead atoms. The normalized spacial score (nSPS) is 21.0. The molecular formula is C14H15N3O. The first-order valence-electron chi connectivity index (χ1n) is 6.11. The molecule has 0 unspecified atom stereocenters. The number of hydrogen-bond acceptors (Lipinski definition) is 3. The second kappa shape index (κ2) is 3.74. The van der Waals surface area contributed by atoms with Gasteiger partial charge in [-0.25, -0.2) is 0 Å². The van der Waals surface area contributed by atoms with E-state index in [1.165, 1.54) is 0 Å². The van der Waals surface area contributed by atoms with Crippen molar-refractivity contribution >= 4 is 11.6 Å². The lowest BCUT2D eigenvalue weighted by atomic mass is 9.78. The van der Waals surface area contributed by atoms with Crippen LogP contribution in [0.25, 0.3) is 0 Å². The zero-order valence-corrected chi connectivity index (χ0v) is 10.4. The number of nitriles is 1. The van der Waals surface area contributed by atoms with Gasteiger partial charge in [0.05, 0.1) is 11.6 Å². The molecule has 3 rings (SSSR count). The first-order valence-corrected chi connectivity index (χ1v) is 6.11. The van der Waals surface area contributed by atoms with E-state index in [-0.39, 0.29) is 11.3 Å². The van der Waals surface area contributed by atoms with Gasteiger partial charge in [-0.2, -0.15) is 5.26 Å². The van der Waals surface area contributed by atoms with Crippen molar-refractivity contribution in [2.24, 2.45) is 5.41 Å². The van der Waals surface area contributed by atoms with E-state index in [0.29, 0.717) is 12.0 Å². The van der Waals surface area contributed by atoms with Crippen LogP contribution in [0.3, 0.4) is 0 Å². The Morgan fingerprint density at radius 3 is 2.39 bits per heavy atom. The molecule has 0 atom stereocenters. The van der Waals surface area contributed by atoms with Gasteiger partial charge in [0.15, 0.2) is 0 Å². The molecule has 0 aliphatic carbocycles. The van der Waals surface area contributed by atoms with E-state index in [2.05, 4.69) is 11.0 Å². The third-order valence-corrected chi connectivity index (χ3v) is 3.94. The first kappa shape index (κ1) is 11.1. The average Bonchev–Trinajstić information content (AvgIpc) is 2.64. The van der Waals surface area contributed by atoms with E-state index in [0.717, 1.165) is 25.3 Å². The van der Waals surface area contributed by atoms with Crippen molar-refractivity contribution in [2.75, 3.05) is 31.6 Å². The van der Waals surface area contributed by atoms with Crippen LogP contribution in [0.4, 0.5) is 5.69 Å². The predicted octanol–water partition coefficient (Wildman–Crippen LogP) is 1.23. The van der Waals surface area contributed by atoms with Gasteiger partial charge in [0, 0.05) is 44.2 Å². The second-order valence-electron chi connectivity index (χ2n) is 5.44. The molecule has 18 heavy (non-hydrogen) atoms. The van der Waals surface area contributed by atoms with E-state index >= 15 is 0 Å². The standard InChI is InChI=1S/C14H15N3O/c1-16-8-14(6-13(16)18)9-17(10-14)12-4-2-11(7-15)3-5-12/h2-5H,6,8-10H2,1H3. The van der Waals surface area contributed by atoms with Crippen molar-refractivity contribution in [1.82, 2.24) is 4.90 Å². The van der Waals surface area contributed by atoms with Gasteiger partial charge in [0.25, 0.3) is 0 Å². The van der Waals surface area contributed by atoms with Crippen LogP contribution in [-0.2, 0) is 4.79 Å². The van der Waals surface area contributed by atoms with Gasteiger partial charge in [0.1, 0.15) is 0 Å². The Morgan fingerprint density at radius 2 is 1.89 bits per heavy atom. The van der Waals surface area contributed by atoms with Crippen LogP contribution in [0.15, 0.2) is 24.3 Å². The quantitative estimate of drug-likeness (QED) is 0.743. The topological polar surface area (TPSA) is 47.3 Å². The Kier molecular flexibility index (Phi) is 2.30. The summed E-state index contributed by atoms with van der Waals surface area (Å²) in [5, 5.41) is 8.76. The number of amides is 1. The number of benzene rings is 1. The van der Waals surface area contributed by atoms with Crippen LogP contribution in [0.1, 0.15) is 12.0 Å². The molecular weight excluding hydrogens is 226 g/mol. The van der Waals surface area contributed by atoms with E-state index in [9.17, 15) is 4.79 Å². The zero-order chi connectivity index (χ0) is 12.8. The highest BCUT2D eigenvalue weighted by Gasteiger charge is 2.50. The molecule has 1 amide bonds. The Labute approximate surface area is 106 Å². The van der Waals surface area contributed by atoms with Crippen molar-refractivity contribution < 1.29 is 4.79 Å². The summed E-state index contributed by atoms with van der Waals surface area (Å²) in [5.74, 6) is 0.259. The predicted molar refractivity (Wildman–Crippen MR) is 68.1 cm³/mol. The fourth-order valence-corrected chi connectivity index (χ4v) is 3.01. The maximum atomic E-state index is 11.6. The summed E-state index contributed by atoms with van der Waals surface area (Å²) in [7, 11) is 1.88. The maximum Gasteiger partial charge on any atom is 0.223 e. The minimum Gasteiger partial charge on any atom is -0.370 e. The van der Waals surface area contributed by atoms with E-state index in [4.69, 9.17) is 5.26 Å². The number of hydrogen-bond donors (Lipinski definition) is 0. The van der Waals surface area contributed by atoms with Crippen LogP contribution in [0.5, 0.6) is 0 Å². The molecule has 2 fully saturated rings. The van der Waals surface area contributed by atoms with Crippen LogP contribution in [0.2, 0.25) is 0 Å². The highest BCUT2D eigenvalue weighted by atomic mass is 16.2. The van der Waals surface area contributed by atoms with Crippen molar-refractivity contribution in [2.45, 2.75) is 6.42 Å². The van der Waals surface area contributed by atoms with Crippen molar-refractivity contribution in [3.8, 4) is 6.07 Å². The largest absolute Gasteiger partial charge is 0.370 e. The molecule has 1 aromatic carbocycles. The summed E-state index contributed by atoms with van der Waals surface area (Å²) in [6.07, 6.45) is 0.677. The minimum absolute atomic E-state index is 0.166. The molecule has 2 heterocycles. The molecule has 0 N–H and O–H groups in total. The van der Waals surface area contributed by atoms with Crippen LogP contribution >= 0.6 is 0 Å². The lowest BCUT2D eigenvalue weighted by Crippen LogP contribution is -2.57. The molecule has 0 radical (unpaired) electrons. The van der Waals surface area contributed by atoms with Gasteiger partial charge in [-0.05, 0) is 24.3 Å². The molecule has 4 heteroatoms. The number of carbonyl (C=O) groups is 1. The minimum atomic E-state index is 0.166. The zero-order valence-electron chi connectivity index (χ0n) is 10.4. The lowest BCUT2D eigenvalue weighted by Gasteiger charge is -2.48. The van der Waals surface area contributed by atoms with Gasteiger partial charge in [-0.3, -0.25) is 4.79 Å². The third kappa shape index (κ3) is 1.63. The maximum absolute atomic E-state index is 11.6. The van der Waals surface area contributed by atoms with Crippen LogP contribution in [-0.4, -0.2) is 37.5 Å². The summed E-state index contributed by atoms with van der Waals surface area (Å²) in [6.45, 7) is 2.75. The van der Waals surface area contributed by atoms with E-state index in [1.807, 2.05) is 36.2 Å². The summed E-state index contributed by atoms with van der Waals surface area (Å²) >= 11 is 0. The molecule has 92 valence electrons. The van der Waals surface area contributed by atoms with Crippen LogP contribution in [0, 0.1) is 16.7 Å². The third-order valence-electron chi connectivity index (χ3n) is 3.94. The molecule has 2 aliphatic rings. The lowest BCUT2D eigenvalue weighted by molar-refractivity contribution is -0.126. The van der Waals surface area contributed by atoms with Crippen LogP contribution < -0.4 is 4.90 Å². The summed E-state index contributed by atoms with van der Waals surface area (Å²) in [4.78, 5) is 15.7. The molecule has 1 aromatic rings. The summed E-state index contributed by atoms with van der Waals surface area (Å²) in [5.41, 5.74) is 1.99. The van der Waals surface area contributed by atoms with Gasteiger partial charge in [-0.15, -0.1) is 0 Å². The number of anilines is 1. The Morgan fingerprint density at radius 1 is 1.22 bits per heavy atom. The van der Waals surface area contributed by atoms with Gasteiger partial charge in [-0.1, -0.05) is 0 Å². The average molecular weight is 241 g/mol. The molecule has 1 spiro atoms. The Balaban J connectivity index is 1.68. The number of rotatable bonds is 1. The molecule has 2 saturated heterocycles. The second-order valence-corrected chi connectivity index (χ2v) is 5.44. The monoisotopic (exact) mass is 241 g/mol. The van der Waals surface area contributed by atoms with Crippen molar-refractivity contribution in [3.63, 3.8) is 0 Å². The first-order chi connectivity index (χ1) is 8.62. The van der Waals surface area contributed by atoms with Gasteiger partial charge < -0.3 is 9.80 Å². The smallest absolute Gasteiger partial charge is 0.223 e. The Hall–Kier alpha value is -2.02. The number of likely N-dealkylation sites (tertiary alicyclic amines) is 1. The molecule has 4 nitrogen and oxygen atoms in total. The Bertz CT molecular complexity index is 523. The van der Waals surface area contributed by atoms with Gasteiger partial charge >= 0.3 is 0 Å². The van der Waals surface area contributed by atoms with Gasteiger partial charge in [0.2, 0.25) is 5.91 Å². The van der Waals surface area contributed by atoms with Crippen molar-refractivity contribution in [3.05, 3.63) is 29.8 Å². The summed E-state index contributed by atoms with van der Waals surface area (Å²) < 4.78 is 0. The van der Waals surface area contributed by atoms with E-state index < -0.39 is 0 Å². The molecule has 0 saturated carbocycles. The SMILES string of the molecule is CN1CC2(CC1=O)CN(c1ccc(C#N)cc1)C2. The highest BCUT2D eigenvalue weighted by Crippen LogP contribution is 2.41. The van der Waals surface area contributed by atoms with Crippen molar-refractivity contribution in [1.29, 1.82) is 5.26 Å². The molecule has 2 aliphatic heterocycles. The number of nitrogens with zero attached hydrogens (tertiary/aromatic N) is 3. The molecule has 0 aromatic heterocycles. The highest BCUT2D eigenvalue weighted by molar-refractivity contribution is 5.80. The fraction of sp³-hybridized carbons (Fsp3) is 0.429. The fourth-order valence-electron chi connectivity index (χ4n) is 3.01. The van der Waals surface area contributed by atoms with E-state index in [1.54, 1.807) is 0 Å². The number of carbonyl (C=O) groups excluding carboxylic acids is 1. The summed E-state index contributed by atoms with van der Waals surface area (Å²) in [6, 6.07) is 9.75.